The summed E-state index contributed by atoms with van der Waals surface area (Å²) in [4.78, 5) is 3.21. The van der Waals surface area contributed by atoms with Gasteiger partial charge in [-0.25, -0.2) is 0 Å². The van der Waals surface area contributed by atoms with Gasteiger partial charge >= 0.3 is 0 Å². The molecule has 2 aromatic heterocycles. The summed E-state index contributed by atoms with van der Waals surface area (Å²) in [6, 6.07) is 6.06. The predicted molar refractivity (Wildman–Crippen MR) is 79.9 cm³/mol. The van der Waals surface area contributed by atoms with Crippen LogP contribution in [0.2, 0.25) is 0 Å². The number of benzene rings is 1. The van der Waals surface area contributed by atoms with Crippen LogP contribution in [-0.4, -0.2) is 14.7 Å². The monoisotopic (exact) mass is 337 g/mol. The molecule has 3 rings (SSSR count). The highest BCUT2D eigenvalue weighted by Crippen LogP contribution is 2.22. The standard InChI is InChI=1S/C13H12BrN3OS/c1-7-10(8(2)18-16-7)6-17-12-5-9(14)3-4-11(12)15-13(17)19/h3-5H,6H2,1-2H3,(H,15,19). The Labute approximate surface area is 123 Å². The number of H-pyrrole nitrogens is 1. The van der Waals surface area contributed by atoms with Gasteiger partial charge in [-0.2, -0.15) is 0 Å². The van der Waals surface area contributed by atoms with Crippen molar-refractivity contribution in [1.29, 1.82) is 0 Å². The summed E-state index contributed by atoms with van der Waals surface area (Å²) >= 11 is 8.89. The molecule has 3 aromatic rings. The molecule has 19 heavy (non-hydrogen) atoms. The smallest absolute Gasteiger partial charge is 0.178 e. The van der Waals surface area contributed by atoms with Crippen LogP contribution >= 0.6 is 28.1 Å². The SMILES string of the molecule is Cc1noc(C)c1Cn1c(=S)[nH]c2ccc(Br)cc21. The van der Waals surface area contributed by atoms with E-state index in [1.807, 2.05) is 26.0 Å². The first-order valence-electron chi connectivity index (χ1n) is 5.86. The Kier molecular flexibility index (Phi) is 3.06. The van der Waals surface area contributed by atoms with E-state index in [1.165, 1.54) is 0 Å². The summed E-state index contributed by atoms with van der Waals surface area (Å²) in [5, 5.41) is 3.98. The molecule has 1 N–H and O–H groups in total. The number of aromatic amines is 1. The van der Waals surface area contributed by atoms with E-state index < -0.39 is 0 Å². The number of imidazole rings is 1. The van der Waals surface area contributed by atoms with Crippen LogP contribution < -0.4 is 0 Å². The third-order valence-electron chi connectivity index (χ3n) is 3.23. The van der Waals surface area contributed by atoms with Crippen molar-refractivity contribution in [3.05, 3.63) is 44.5 Å². The summed E-state index contributed by atoms with van der Waals surface area (Å²) < 4.78 is 8.99. The fourth-order valence-corrected chi connectivity index (χ4v) is 2.79. The third kappa shape index (κ3) is 2.15. The molecule has 0 amide bonds. The first-order chi connectivity index (χ1) is 9.06. The van der Waals surface area contributed by atoms with Crippen LogP contribution in [0.4, 0.5) is 0 Å². The number of nitrogens with one attached hydrogen (secondary N) is 1. The lowest BCUT2D eigenvalue weighted by Gasteiger charge is -2.04. The number of fused-ring (bicyclic) bond motifs is 1. The highest BCUT2D eigenvalue weighted by molar-refractivity contribution is 9.10. The number of halogens is 1. The quantitative estimate of drug-likeness (QED) is 0.715. The molecule has 0 aliphatic rings. The average Bonchev–Trinajstić information content (AvgIpc) is 2.84. The zero-order valence-corrected chi connectivity index (χ0v) is 12.9. The van der Waals surface area contributed by atoms with E-state index in [4.69, 9.17) is 16.7 Å². The van der Waals surface area contributed by atoms with E-state index in [0.29, 0.717) is 11.3 Å². The van der Waals surface area contributed by atoms with Crippen LogP contribution in [0.1, 0.15) is 17.0 Å². The van der Waals surface area contributed by atoms with E-state index >= 15 is 0 Å². The molecule has 0 saturated carbocycles. The van der Waals surface area contributed by atoms with E-state index in [-0.39, 0.29) is 0 Å². The van der Waals surface area contributed by atoms with Crippen molar-refractivity contribution in [2.45, 2.75) is 20.4 Å². The third-order valence-corrected chi connectivity index (χ3v) is 4.05. The van der Waals surface area contributed by atoms with Crippen molar-refractivity contribution < 1.29 is 4.52 Å². The van der Waals surface area contributed by atoms with Crippen LogP contribution in [0, 0.1) is 18.6 Å². The Morgan fingerprint density at radius 1 is 1.42 bits per heavy atom. The van der Waals surface area contributed by atoms with Gasteiger partial charge < -0.3 is 14.1 Å². The Balaban J connectivity index is 2.18. The van der Waals surface area contributed by atoms with Gasteiger partial charge in [0.1, 0.15) is 5.76 Å². The van der Waals surface area contributed by atoms with Gasteiger partial charge in [0.05, 0.1) is 23.3 Å². The zero-order valence-electron chi connectivity index (χ0n) is 10.5. The van der Waals surface area contributed by atoms with E-state index in [1.54, 1.807) is 0 Å². The molecular formula is C13H12BrN3OS. The maximum atomic E-state index is 5.40. The lowest BCUT2D eigenvalue weighted by Crippen LogP contribution is -2.01. The topological polar surface area (TPSA) is 46.8 Å². The molecule has 0 spiro atoms. The van der Waals surface area contributed by atoms with Crippen LogP contribution in [0.5, 0.6) is 0 Å². The van der Waals surface area contributed by atoms with E-state index in [2.05, 4.69) is 36.7 Å². The lowest BCUT2D eigenvalue weighted by molar-refractivity contribution is 0.392. The van der Waals surface area contributed by atoms with E-state index in [0.717, 1.165) is 32.5 Å². The van der Waals surface area contributed by atoms with Crippen molar-refractivity contribution >= 4 is 39.2 Å². The molecule has 0 radical (unpaired) electrons. The Morgan fingerprint density at radius 2 is 2.21 bits per heavy atom. The van der Waals surface area contributed by atoms with Crippen molar-refractivity contribution in [3.8, 4) is 0 Å². The summed E-state index contributed by atoms with van der Waals surface area (Å²) in [5.41, 5.74) is 4.08. The van der Waals surface area contributed by atoms with E-state index in [9.17, 15) is 0 Å². The van der Waals surface area contributed by atoms with Crippen molar-refractivity contribution in [3.63, 3.8) is 0 Å². The average molecular weight is 338 g/mol. The van der Waals surface area contributed by atoms with Crippen LogP contribution in [-0.2, 0) is 6.54 Å². The molecule has 0 fully saturated rings. The minimum atomic E-state index is 0.663. The Bertz CT molecular complexity index is 796. The highest BCUT2D eigenvalue weighted by Gasteiger charge is 2.12. The molecular weight excluding hydrogens is 326 g/mol. The molecule has 98 valence electrons. The minimum absolute atomic E-state index is 0.663. The maximum Gasteiger partial charge on any atom is 0.178 e. The molecule has 1 aromatic carbocycles. The lowest BCUT2D eigenvalue weighted by atomic mass is 10.2. The number of aryl methyl sites for hydroxylation is 2. The number of aromatic nitrogens is 3. The van der Waals surface area contributed by atoms with Gasteiger partial charge in [0.15, 0.2) is 4.77 Å². The van der Waals surface area contributed by atoms with Gasteiger partial charge in [-0.15, -0.1) is 0 Å². The summed E-state index contributed by atoms with van der Waals surface area (Å²) in [6.07, 6.45) is 0. The Hall–Kier alpha value is -1.40. The van der Waals surface area contributed by atoms with Gasteiger partial charge in [-0.1, -0.05) is 21.1 Å². The Morgan fingerprint density at radius 3 is 2.89 bits per heavy atom. The fourth-order valence-electron chi connectivity index (χ4n) is 2.17. The summed E-state index contributed by atoms with van der Waals surface area (Å²) in [7, 11) is 0. The maximum absolute atomic E-state index is 5.40. The molecule has 0 saturated heterocycles. The highest BCUT2D eigenvalue weighted by atomic mass is 79.9. The summed E-state index contributed by atoms with van der Waals surface area (Å²) in [5.74, 6) is 0.837. The number of nitrogens with zero attached hydrogens (tertiary/aromatic N) is 2. The molecule has 0 unspecified atom stereocenters. The molecule has 0 bridgehead atoms. The zero-order chi connectivity index (χ0) is 13.6. The molecule has 4 nitrogen and oxygen atoms in total. The normalized spacial score (nSPS) is 11.3. The molecule has 0 aliphatic carbocycles. The van der Waals surface area contributed by atoms with Crippen LogP contribution in [0.15, 0.2) is 27.2 Å². The van der Waals surface area contributed by atoms with Gasteiger partial charge in [-0.05, 0) is 44.3 Å². The van der Waals surface area contributed by atoms with Crippen molar-refractivity contribution in [2.75, 3.05) is 0 Å². The molecule has 0 atom stereocenters. The second kappa shape index (κ2) is 4.61. The molecule has 0 aliphatic heterocycles. The second-order valence-corrected chi connectivity index (χ2v) is 5.78. The van der Waals surface area contributed by atoms with Gasteiger partial charge in [0, 0.05) is 10.0 Å². The molecule has 2 heterocycles. The first-order valence-corrected chi connectivity index (χ1v) is 7.06. The largest absolute Gasteiger partial charge is 0.361 e. The predicted octanol–water partition coefficient (Wildman–Crippen LogP) is 4.11. The van der Waals surface area contributed by atoms with Gasteiger partial charge in [-0.3, -0.25) is 0 Å². The summed E-state index contributed by atoms with van der Waals surface area (Å²) in [6.45, 7) is 4.53. The second-order valence-electron chi connectivity index (χ2n) is 4.48. The fraction of sp³-hybridized carbons (Fsp3) is 0.231. The van der Waals surface area contributed by atoms with Gasteiger partial charge in [0.2, 0.25) is 0 Å². The van der Waals surface area contributed by atoms with Crippen molar-refractivity contribution in [2.24, 2.45) is 0 Å². The minimum Gasteiger partial charge on any atom is -0.361 e. The van der Waals surface area contributed by atoms with Gasteiger partial charge in [0.25, 0.3) is 0 Å². The number of rotatable bonds is 2. The first kappa shape index (κ1) is 12.6. The number of hydrogen-bond donors (Lipinski definition) is 1. The molecule has 6 heteroatoms. The number of hydrogen-bond acceptors (Lipinski definition) is 3. The van der Waals surface area contributed by atoms with Crippen LogP contribution in [0.3, 0.4) is 0 Å². The van der Waals surface area contributed by atoms with Crippen molar-refractivity contribution in [1.82, 2.24) is 14.7 Å². The van der Waals surface area contributed by atoms with Crippen LogP contribution in [0.25, 0.3) is 11.0 Å².